The minimum atomic E-state index is -0.299. The molecule has 0 bridgehead atoms. The van der Waals surface area contributed by atoms with Crippen LogP contribution >= 0.6 is 11.8 Å². The van der Waals surface area contributed by atoms with E-state index in [9.17, 15) is 4.39 Å². The number of benzene rings is 2. The van der Waals surface area contributed by atoms with Crippen molar-refractivity contribution in [3.05, 3.63) is 59.4 Å². The van der Waals surface area contributed by atoms with Crippen LogP contribution in [0.4, 0.5) is 4.39 Å². The minimum Gasteiger partial charge on any atom is -0.496 e. The number of nitrogens with one attached hydrogen (secondary N) is 1. The summed E-state index contributed by atoms with van der Waals surface area (Å²) in [6.45, 7) is 2.07. The zero-order valence-corrected chi connectivity index (χ0v) is 12.9. The Morgan fingerprint density at radius 2 is 2.05 bits per heavy atom. The molecule has 0 heterocycles. The molecule has 0 aliphatic rings. The van der Waals surface area contributed by atoms with Gasteiger partial charge < -0.3 is 4.74 Å². The van der Waals surface area contributed by atoms with Crippen molar-refractivity contribution < 1.29 is 9.13 Å². The lowest BCUT2D eigenvalue weighted by Gasteiger charge is -2.19. The van der Waals surface area contributed by atoms with Crippen LogP contribution in [0.2, 0.25) is 0 Å². The summed E-state index contributed by atoms with van der Waals surface area (Å²) in [4.78, 5) is 1.19. The smallest absolute Gasteiger partial charge is 0.123 e. The molecule has 1 atom stereocenters. The molecule has 0 radical (unpaired) electrons. The van der Waals surface area contributed by atoms with Gasteiger partial charge in [0, 0.05) is 16.2 Å². The van der Waals surface area contributed by atoms with Crippen LogP contribution < -0.4 is 16.0 Å². The average Bonchev–Trinajstić information content (AvgIpc) is 2.50. The van der Waals surface area contributed by atoms with Gasteiger partial charge in [0.1, 0.15) is 11.6 Å². The fraction of sp³-hybridized carbons (Fsp3) is 0.250. The highest BCUT2D eigenvalue weighted by Gasteiger charge is 2.16. The number of methoxy groups -OCH3 is 1. The second-order valence-electron chi connectivity index (χ2n) is 4.68. The summed E-state index contributed by atoms with van der Waals surface area (Å²) >= 11 is 1.68. The number of hydrazine groups is 1. The van der Waals surface area contributed by atoms with Crippen LogP contribution in [-0.4, -0.2) is 12.9 Å². The van der Waals surface area contributed by atoms with Crippen molar-refractivity contribution in [3.63, 3.8) is 0 Å². The molecule has 0 spiro atoms. The molecule has 0 amide bonds. The maximum atomic E-state index is 13.5. The largest absolute Gasteiger partial charge is 0.496 e. The van der Waals surface area contributed by atoms with Gasteiger partial charge in [-0.2, -0.15) is 0 Å². The van der Waals surface area contributed by atoms with Crippen molar-refractivity contribution in [2.24, 2.45) is 5.84 Å². The van der Waals surface area contributed by atoms with Gasteiger partial charge in [0.25, 0.3) is 0 Å². The van der Waals surface area contributed by atoms with Crippen molar-refractivity contribution in [2.45, 2.75) is 17.9 Å². The third-order valence-corrected chi connectivity index (χ3v) is 4.54. The standard InChI is InChI=1S/C16H19FN2OS/c1-11-5-3-4-6-16(11)21-10-14(19-18)13-9-12(17)7-8-15(13)20-2/h3-9,14,19H,10,18H2,1-2H3. The molecule has 21 heavy (non-hydrogen) atoms. The van der Waals surface area contributed by atoms with Crippen LogP contribution in [0.5, 0.6) is 5.75 Å². The lowest BCUT2D eigenvalue weighted by Crippen LogP contribution is -2.30. The highest BCUT2D eigenvalue weighted by atomic mass is 32.2. The first-order valence-electron chi connectivity index (χ1n) is 6.63. The van der Waals surface area contributed by atoms with Gasteiger partial charge in [-0.1, -0.05) is 18.2 Å². The SMILES string of the molecule is COc1ccc(F)cc1C(CSc1ccccc1C)NN. The Balaban J connectivity index is 2.17. The first-order valence-corrected chi connectivity index (χ1v) is 7.62. The second-order valence-corrected chi connectivity index (χ2v) is 5.74. The van der Waals surface area contributed by atoms with E-state index < -0.39 is 0 Å². The van der Waals surface area contributed by atoms with Gasteiger partial charge in [-0.25, -0.2) is 4.39 Å². The Bertz CT molecular complexity index is 607. The quantitative estimate of drug-likeness (QED) is 0.487. The molecule has 0 aliphatic heterocycles. The van der Waals surface area contributed by atoms with E-state index in [1.807, 2.05) is 12.1 Å². The van der Waals surface area contributed by atoms with Crippen LogP contribution in [0.3, 0.4) is 0 Å². The van der Waals surface area contributed by atoms with Crippen molar-refractivity contribution >= 4 is 11.8 Å². The van der Waals surface area contributed by atoms with E-state index in [4.69, 9.17) is 10.6 Å². The summed E-state index contributed by atoms with van der Waals surface area (Å²) < 4.78 is 18.8. The Morgan fingerprint density at radius 1 is 1.29 bits per heavy atom. The summed E-state index contributed by atoms with van der Waals surface area (Å²) in [6.07, 6.45) is 0. The van der Waals surface area contributed by atoms with E-state index in [1.165, 1.54) is 22.6 Å². The number of aryl methyl sites for hydroxylation is 1. The van der Waals surface area contributed by atoms with Crippen LogP contribution in [0.25, 0.3) is 0 Å². The van der Waals surface area contributed by atoms with Gasteiger partial charge in [0.2, 0.25) is 0 Å². The van der Waals surface area contributed by atoms with Crippen molar-refractivity contribution in [1.29, 1.82) is 0 Å². The molecule has 0 aromatic heterocycles. The van der Waals surface area contributed by atoms with Gasteiger partial charge in [0.05, 0.1) is 13.2 Å². The first-order chi connectivity index (χ1) is 10.2. The van der Waals surface area contributed by atoms with Crippen LogP contribution in [0.1, 0.15) is 17.2 Å². The van der Waals surface area contributed by atoms with Gasteiger partial charge in [-0.15, -0.1) is 11.8 Å². The first kappa shape index (κ1) is 15.8. The number of hydrogen-bond acceptors (Lipinski definition) is 4. The van der Waals surface area contributed by atoms with Crippen molar-refractivity contribution in [1.82, 2.24) is 5.43 Å². The predicted octanol–water partition coefficient (Wildman–Crippen LogP) is 3.44. The van der Waals surface area contributed by atoms with E-state index in [0.717, 1.165) is 5.56 Å². The van der Waals surface area contributed by atoms with E-state index >= 15 is 0 Å². The summed E-state index contributed by atoms with van der Waals surface area (Å²) in [5.74, 6) is 6.65. The Labute approximate surface area is 128 Å². The highest BCUT2D eigenvalue weighted by molar-refractivity contribution is 7.99. The second kappa shape index (κ2) is 7.45. The number of rotatable bonds is 6. The van der Waals surface area contributed by atoms with Crippen LogP contribution in [0.15, 0.2) is 47.4 Å². The van der Waals surface area contributed by atoms with Crippen LogP contribution in [-0.2, 0) is 0 Å². The maximum absolute atomic E-state index is 13.5. The topological polar surface area (TPSA) is 47.3 Å². The molecule has 0 fully saturated rings. The van der Waals surface area contributed by atoms with Crippen molar-refractivity contribution in [2.75, 3.05) is 12.9 Å². The predicted molar refractivity (Wildman–Crippen MR) is 84.9 cm³/mol. The zero-order valence-electron chi connectivity index (χ0n) is 12.1. The molecule has 2 aromatic carbocycles. The van der Waals surface area contributed by atoms with Crippen LogP contribution in [0, 0.1) is 12.7 Å². The fourth-order valence-corrected chi connectivity index (χ4v) is 3.19. The molecule has 0 aliphatic carbocycles. The number of hydrogen-bond donors (Lipinski definition) is 2. The fourth-order valence-electron chi connectivity index (χ4n) is 2.10. The molecular formula is C16H19FN2OS. The molecule has 112 valence electrons. The Hall–Kier alpha value is -1.56. The molecule has 2 rings (SSSR count). The van der Waals surface area contributed by atoms with Gasteiger partial charge in [-0.05, 0) is 36.8 Å². The minimum absolute atomic E-state index is 0.194. The number of ether oxygens (including phenoxy) is 1. The average molecular weight is 306 g/mol. The highest BCUT2D eigenvalue weighted by Crippen LogP contribution is 2.31. The Morgan fingerprint density at radius 3 is 2.71 bits per heavy atom. The molecule has 0 saturated carbocycles. The third kappa shape index (κ3) is 3.97. The normalized spacial score (nSPS) is 12.2. The van der Waals surface area contributed by atoms with Crippen molar-refractivity contribution in [3.8, 4) is 5.75 Å². The molecule has 5 heteroatoms. The summed E-state index contributed by atoms with van der Waals surface area (Å²) in [6, 6.07) is 12.4. The number of thioether (sulfide) groups is 1. The molecular weight excluding hydrogens is 287 g/mol. The van der Waals surface area contributed by atoms with E-state index in [0.29, 0.717) is 11.5 Å². The Kier molecular flexibility index (Phi) is 5.61. The molecule has 0 saturated heterocycles. The van der Waals surface area contributed by atoms with E-state index in [-0.39, 0.29) is 11.9 Å². The summed E-state index contributed by atoms with van der Waals surface area (Å²) in [5.41, 5.74) is 4.68. The maximum Gasteiger partial charge on any atom is 0.123 e. The molecule has 3 N–H and O–H groups in total. The van der Waals surface area contributed by atoms with Gasteiger partial charge in [-0.3, -0.25) is 11.3 Å². The number of halogens is 1. The van der Waals surface area contributed by atoms with E-state index in [1.54, 1.807) is 24.9 Å². The lowest BCUT2D eigenvalue weighted by molar-refractivity contribution is 0.401. The number of nitrogens with two attached hydrogens (primary N) is 1. The summed E-state index contributed by atoms with van der Waals surface area (Å²) in [5, 5.41) is 0. The molecule has 1 unspecified atom stereocenters. The molecule has 2 aromatic rings. The lowest BCUT2D eigenvalue weighted by atomic mass is 10.1. The van der Waals surface area contributed by atoms with Gasteiger partial charge >= 0.3 is 0 Å². The zero-order chi connectivity index (χ0) is 15.2. The monoisotopic (exact) mass is 306 g/mol. The third-order valence-electron chi connectivity index (χ3n) is 3.27. The summed E-state index contributed by atoms with van der Waals surface area (Å²) in [7, 11) is 1.57. The molecule has 3 nitrogen and oxygen atoms in total. The van der Waals surface area contributed by atoms with Gasteiger partial charge in [0.15, 0.2) is 0 Å². The van der Waals surface area contributed by atoms with E-state index in [2.05, 4.69) is 24.5 Å².